The van der Waals surface area contributed by atoms with Crippen LogP contribution in [-0.2, 0) is 4.79 Å². The zero-order valence-corrected chi connectivity index (χ0v) is 12.1. The van der Waals surface area contributed by atoms with E-state index in [1.807, 2.05) is 25.1 Å². The fraction of sp³-hybridized carbons (Fsp3) is 0.462. The second kappa shape index (κ2) is 8.11. The topological polar surface area (TPSA) is 64.3 Å². The van der Waals surface area contributed by atoms with Crippen LogP contribution in [0, 0.1) is 6.92 Å². The Morgan fingerprint density at radius 3 is 2.83 bits per heavy atom. The van der Waals surface area contributed by atoms with Gasteiger partial charge in [-0.25, -0.2) is 5.84 Å². The second-order valence-corrected chi connectivity index (χ2v) is 5.05. The van der Waals surface area contributed by atoms with Crippen LogP contribution >= 0.6 is 15.9 Å². The highest BCUT2D eigenvalue weighted by Gasteiger charge is 2.01. The molecule has 0 atom stereocenters. The SMILES string of the molecule is Cc1cc(Br)ccc1OCCCCCC(=O)NN. The first-order valence-electron chi connectivity index (χ1n) is 6.02. The Labute approximate surface area is 116 Å². The minimum atomic E-state index is -0.111. The third kappa shape index (κ3) is 5.51. The first-order chi connectivity index (χ1) is 8.63. The summed E-state index contributed by atoms with van der Waals surface area (Å²) in [4.78, 5) is 10.9. The average molecular weight is 315 g/mol. The summed E-state index contributed by atoms with van der Waals surface area (Å²) in [6, 6.07) is 5.95. The van der Waals surface area contributed by atoms with E-state index in [1.54, 1.807) is 0 Å². The van der Waals surface area contributed by atoms with Gasteiger partial charge in [-0.15, -0.1) is 0 Å². The lowest BCUT2D eigenvalue weighted by molar-refractivity contribution is -0.121. The van der Waals surface area contributed by atoms with Crippen LogP contribution < -0.4 is 16.0 Å². The maximum atomic E-state index is 10.9. The largest absolute Gasteiger partial charge is 0.493 e. The number of hydrogen-bond donors (Lipinski definition) is 2. The summed E-state index contributed by atoms with van der Waals surface area (Å²) in [6.45, 7) is 2.69. The highest BCUT2D eigenvalue weighted by molar-refractivity contribution is 9.10. The van der Waals surface area contributed by atoms with E-state index in [1.165, 1.54) is 0 Å². The van der Waals surface area contributed by atoms with Gasteiger partial charge in [0.1, 0.15) is 5.75 Å². The molecule has 0 heterocycles. The molecule has 0 aliphatic heterocycles. The van der Waals surface area contributed by atoms with Gasteiger partial charge in [0.25, 0.3) is 0 Å². The lowest BCUT2D eigenvalue weighted by Crippen LogP contribution is -2.29. The zero-order valence-electron chi connectivity index (χ0n) is 10.5. The van der Waals surface area contributed by atoms with Crippen LogP contribution in [0.3, 0.4) is 0 Å². The van der Waals surface area contributed by atoms with Crippen molar-refractivity contribution in [2.45, 2.75) is 32.6 Å². The molecule has 0 fully saturated rings. The molecule has 0 bridgehead atoms. The van der Waals surface area contributed by atoms with Crippen molar-refractivity contribution in [2.75, 3.05) is 6.61 Å². The highest BCUT2D eigenvalue weighted by Crippen LogP contribution is 2.22. The van der Waals surface area contributed by atoms with Crippen LogP contribution in [0.5, 0.6) is 5.75 Å². The lowest BCUT2D eigenvalue weighted by Gasteiger charge is -2.09. The molecule has 3 N–H and O–H groups in total. The molecular formula is C13H19BrN2O2. The van der Waals surface area contributed by atoms with Gasteiger partial charge in [-0.3, -0.25) is 10.2 Å². The first kappa shape index (κ1) is 15.0. The molecule has 18 heavy (non-hydrogen) atoms. The standard InChI is InChI=1S/C13H19BrN2O2/c1-10-9-11(14)6-7-12(10)18-8-4-2-3-5-13(17)16-15/h6-7,9H,2-5,8,15H2,1H3,(H,16,17). The summed E-state index contributed by atoms with van der Waals surface area (Å²) in [6.07, 6.45) is 3.22. The number of nitrogens with two attached hydrogens (primary N) is 1. The van der Waals surface area contributed by atoms with Gasteiger partial charge < -0.3 is 4.74 Å². The van der Waals surface area contributed by atoms with Crippen molar-refractivity contribution < 1.29 is 9.53 Å². The van der Waals surface area contributed by atoms with Crippen molar-refractivity contribution in [3.63, 3.8) is 0 Å². The van der Waals surface area contributed by atoms with E-state index in [-0.39, 0.29) is 5.91 Å². The maximum Gasteiger partial charge on any atom is 0.233 e. The number of carbonyl (C=O) groups excluding carboxylic acids is 1. The normalized spacial score (nSPS) is 10.2. The van der Waals surface area contributed by atoms with Gasteiger partial charge in [-0.2, -0.15) is 0 Å². The molecule has 0 spiro atoms. The molecule has 0 aliphatic carbocycles. The molecular weight excluding hydrogens is 296 g/mol. The highest BCUT2D eigenvalue weighted by atomic mass is 79.9. The molecule has 1 amide bonds. The van der Waals surface area contributed by atoms with E-state index in [0.717, 1.165) is 35.0 Å². The predicted molar refractivity (Wildman–Crippen MR) is 75.2 cm³/mol. The maximum absolute atomic E-state index is 10.9. The molecule has 0 aliphatic rings. The number of benzene rings is 1. The van der Waals surface area contributed by atoms with Gasteiger partial charge in [-0.05, 0) is 49.9 Å². The number of ether oxygens (including phenoxy) is 1. The van der Waals surface area contributed by atoms with Gasteiger partial charge in [0.05, 0.1) is 6.61 Å². The third-order valence-corrected chi connectivity index (χ3v) is 3.10. The van der Waals surface area contributed by atoms with Crippen molar-refractivity contribution in [2.24, 2.45) is 5.84 Å². The summed E-state index contributed by atoms with van der Waals surface area (Å²) < 4.78 is 6.73. The molecule has 0 saturated carbocycles. The molecule has 1 rings (SSSR count). The van der Waals surface area contributed by atoms with Crippen molar-refractivity contribution in [3.8, 4) is 5.75 Å². The van der Waals surface area contributed by atoms with E-state index < -0.39 is 0 Å². The van der Waals surface area contributed by atoms with Crippen molar-refractivity contribution >= 4 is 21.8 Å². The molecule has 0 saturated heterocycles. The molecule has 4 nitrogen and oxygen atoms in total. The van der Waals surface area contributed by atoms with E-state index in [0.29, 0.717) is 13.0 Å². The molecule has 1 aromatic carbocycles. The Kier molecular flexibility index (Phi) is 6.75. The Bertz CT molecular complexity index is 397. The van der Waals surface area contributed by atoms with Gasteiger partial charge in [0, 0.05) is 10.9 Å². The van der Waals surface area contributed by atoms with Crippen LogP contribution in [0.4, 0.5) is 0 Å². The van der Waals surface area contributed by atoms with E-state index in [2.05, 4.69) is 21.4 Å². The number of halogens is 1. The summed E-state index contributed by atoms with van der Waals surface area (Å²) in [5.41, 5.74) is 3.24. The number of amides is 1. The number of unbranched alkanes of at least 4 members (excludes halogenated alkanes) is 2. The minimum absolute atomic E-state index is 0.111. The van der Waals surface area contributed by atoms with E-state index in [4.69, 9.17) is 10.6 Å². The van der Waals surface area contributed by atoms with Gasteiger partial charge in [0.15, 0.2) is 0 Å². The van der Waals surface area contributed by atoms with E-state index >= 15 is 0 Å². The average Bonchev–Trinajstić information content (AvgIpc) is 2.35. The Morgan fingerprint density at radius 2 is 2.17 bits per heavy atom. The van der Waals surface area contributed by atoms with Crippen molar-refractivity contribution in [1.82, 2.24) is 5.43 Å². The first-order valence-corrected chi connectivity index (χ1v) is 6.81. The zero-order chi connectivity index (χ0) is 13.4. The fourth-order valence-electron chi connectivity index (χ4n) is 1.59. The van der Waals surface area contributed by atoms with E-state index in [9.17, 15) is 4.79 Å². The number of nitrogens with one attached hydrogen (secondary N) is 1. The van der Waals surface area contributed by atoms with Crippen molar-refractivity contribution in [1.29, 1.82) is 0 Å². The molecule has 5 heteroatoms. The Morgan fingerprint density at radius 1 is 1.39 bits per heavy atom. The van der Waals surface area contributed by atoms with Crippen LogP contribution in [0.25, 0.3) is 0 Å². The molecule has 0 aromatic heterocycles. The predicted octanol–water partition coefficient (Wildman–Crippen LogP) is 2.69. The summed E-state index contributed by atoms with van der Waals surface area (Å²) in [5, 5.41) is 0. The molecule has 1 aromatic rings. The lowest BCUT2D eigenvalue weighted by atomic mass is 10.2. The number of aryl methyl sites for hydroxylation is 1. The summed E-state index contributed by atoms with van der Waals surface area (Å²) in [7, 11) is 0. The molecule has 0 radical (unpaired) electrons. The minimum Gasteiger partial charge on any atom is -0.493 e. The Hall–Kier alpha value is -1.07. The van der Waals surface area contributed by atoms with Crippen LogP contribution in [0.15, 0.2) is 22.7 Å². The van der Waals surface area contributed by atoms with Crippen LogP contribution in [0.1, 0.15) is 31.2 Å². The number of carbonyl (C=O) groups is 1. The van der Waals surface area contributed by atoms with Crippen LogP contribution in [0.2, 0.25) is 0 Å². The quantitative estimate of drug-likeness (QED) is 0.352. The number of hydrogen-bond acceptors (Lipinski definition) is 3. The monoisotopic (exact) mass is 314 g/mol. The summed E-state index contributed by atoms with van der Waals surface area (Å²) >= 11 is 3.42. The summed E-state index contributed by atoms with van der Waals surface area (Å²) in [5.74, 6) is 5.79. The molecule has 100 valence electrons. The van der Waals surface area contributed by atoms with Gasteiger partial charge in [-0.1, -0.05) is 15.9 Å². The third-order valence-electron chi connectivity index (χ3n) is 2.60. The van der Waals surface area contributed by atoms with Gasteiger partial charge in [0.2, 0.25) is 5.91 Å². The van der Waals surface area contributed by atoms with Crippen molar-refractivity contribution in [3.05, 3.63) is 28.2 Å². The fourth-order valence-corrected chi connectivity index (χ4v) is 2.07. The smallest absolute Gasteiger partial charge is 0.233 e. The second-order valence-electron chi connectivity index (χ2n) is 4.14. The van der Waals surface area contributed by atoms with Gasteiger partial charge >= 0.3 is 0 Å². The Balaban J connectivity index is 2.16. The number of rotatable bonds is 7. The number of hydrazine groups is 1. The van der Waals surface area contributed by atoms with Crippen LogP contribution in [-0.4, -0.2) is 12.5 Å². The molecule has 0 unspecified atom stereocenters.